The van der Waals surface area contributed by atoms with Gasteiger partial charge in [0.1, 0.15) is 0 Å². The Bertz CT molecular complexity index is 816. The summed E-state index contributed by atoms with van der Waals surface area (Å²) in [5, 5.41) is 20.2. The minimum Gasteiger partial charge on any atom is -0.398 e. The molecule has 0 amide bonds. The van der Waals surface area contributed by atoms with E-state index in [2.05, 4.69) is 11.8 Å². The van der Waals surface area contributed by atoms with E-state index in [1.165, 1.54) is 0 Å². The number of hydrogen-bond donors (Lipinski definition) is 4. The number of nitrogens with two attached hydrogens (primary N) is 2. The second-order valence-electron chi connectivity index (χ2n) is 6.97. The Labute approximate surface area is 143 Å². The van der Waals surface area contributed by atoms with Crippen LogP contribution in [0.2, 0.25) is 0 Å². The molecule has 0 saturated heterocycles. The number of nitrogen functional groups attached to an aromatic ring is 2. The SMILES string of the molecule is CC(C)(O)c1ccc(C#Cc2ccc(N)c(C(C)(C)O)c2)cc1N. The summed E-state index contributed by atoms with van der Waals surface area (Å²) < 4.78 is 0. The molecule has 0 aromatic heterocycles. The molecule has 24 heavy (non-hydrogen) atoms. The van der Waals surface area contributed by atoms with Crippen molar-refractivity contribution in [2.75, 3.05) is 11.5 Å². The zero-order valence-electron chi connectivity index (χ0n) is 14.5. The number of rotatable bonds is 2. The second kappa shape index (κ2) is 6.20. The first kappa shape index (κ1) is 17.9. The zero-order chi connectivity index (χ0) is 18.1. The maximum Gasteiger partial charge on any atom is 0.0860 e. The van der Waals surface area contributed by atoms with Gasteiger partial charge < -0.3 is 21.7 Å². The van der Waals surface area contributed by atoms with Crippen LogP contribution in [0.25, 0.3) is 0 Å². The fourth-order valence-electron chi connectivity index (χ4n) is 2.51. The first-order chi connectivity index (χ1) is 11.0. The summed E-state index contributed by atoms with van der Waals surface area (Å²) in [7, 11) is 0. The Morgan fingerprint density at radius 3 is 1.71 bits per heavy atom. The summed E-state index contributed by atoms with van der Waals surface area (Å²) >= 11 is 0. The summed E-state index contributed by atoms with van der Waals surface area (Å²) in [5.74, 6) is 6.10. The Morgan fingerprint density at radius 2 is 1.21 bits per heavy atom. The Hall–Kier alpha value is -2.48. The summed E-state index contributed by atoms with van der Waals surface area (Å²) in [5.41, 5.74) is 13.8. The first-order valence-corrected chi connectivity index (χ1v) is 7.75. The standard InChI is InChI=1S/C20H24N2O2/c1-19(2,23)15-9-7-14(12-18(15)22)6-5-13-8-10-17(21)16(11-13)20(3,4)24/h7-12,23-24H,21-22H2,1-4H3. The van der Waals surface area contributed by atoms with Gasteiger partial charge in [-0.25, -0.2) is 0 Å². The zero-order valence-corrected chi connectivity index (χ0v) is 14.5. The first-order valence-electron chi connectivity index (χ1n) is 7.75. The van der Waals surface area contributed by atoms with Gasteiger partial charge in [-0.3, -0.25) is 0 Å². The molecule has 0 heterocycles. The van der Waals surface area contributed by atoms with Crippen molar-refractivity contribution in [3.8, 4) is 11.8 Å². The maximum atomic E-state index is 10.2. The third-order valence-electron chi connectivity index (χ3n) is 3.77. The highest BCUT2D eigenvalue weighted by molar-refractivity contribution is 5.58. The van der Waals surface area contributed by atoms with Crippen LogP contribution in [0.4, 0.5) is 11.4 Å². The number of hydrogen-bond acceptors (Lipinski definition) is 4. The molecule has 0 atom stereocenters. The van der Waals surface area contributed by atoms with Crippen molar-refractivity contribution in [2.24, 2.45) is 0 Å². The molecule has 4 nitrogen and oxygen atoms in total. The molecular weight excluding hydrogens is 300 g/mol. The molecule has 2 aromatic carbocycles. The van der Waals surface area contributed by atoms with Crippen LogP contribution in [0.1, 0.15) is 49.9 Å². The lowest BCUT2D eigenvalue weighted by atomic mass is 9.94. The smallest absolute Gasteiger partial charge is 0.0860 e. The molecule has 2 aromatic rings. The highest BCUT2D eigenvalue weighted by atomic mass is 16.3. The largest absolute Gasteiger partial charge is 0.398 e. The van der Waals surface area contributed by atoms with Gasteiger partial charge in [-0.2, -0.15) is 0 Å². The minimum absolute atomic E-state index is 0.504. The van der Waals surface area contributed by atoms with Gasteiger partial charge in [0, 0.05) is 33.6 Å². The third kappa shape index (κ3) is 4.08. The van der Waals surface area contributed by atoms with Crippen molar-refractivity contribution in [3.63, 3.8) is 0 Å². The van der Waals surface area contributed by atoms with Crippen LogP contribution in [0.15, 0.2) is 36.4 Å². The van der Waals surface area contributed by atoms with Gasteiger partial charge in [0.15, 0.2) is 0 Å². The fourth-order valence-corrected chi connectivity index (χ4v) is 2.51. The van der Waals surface area contributed by atoms with Crippen LogP contribution in [-0.4, -0.2) is 10.2 Å². The molecule has 0 saturated carbocycles. The molecule has 0 radical (unpaired) electrons. The number of anilines is 2. The van der Waals surface area contributed by atoms with Crippen LogP contribution >= 0.6 is 0 Å². The van der Waals surface area contributed by atoms with Gasteiger partial charge in [-0.1, -0.05) is 17.9 Å². The number of aliphatic hydroxyl groups is 2. The molecule has 0 spiro atoms. The Balaban J connectivity index is 2.36. The average molecular weight is 324 g/mol. The normalized spacial score (nSPS) is 11.8. The Morgan fingerprint density at radius 1 is 0.708 bits per heavy atom. The van der Waals surface area contributed by atoms with Gasteiger partial charge in [0.05, 0.1) is 11.2 Å². The second-order valence-corrected chi connectivity index (χ2v) is 6.97. The van der Waals surface area contributed by atoms with Crippen molar-refractivity contribution in [3.05, 3.63) is 58.7 Å². The van der Waals surface area contributed by atoms with Crippen molar-refractivity contribution in [2.45, 2.75) is 38.9 Å². The van der Waals surface area contributed by atoms with Crippen molar-refractivity contribution in [1.29, 1.82) is 0 Å². The van der Waals surface area contributed by atoms with Gasteiger partial charge in [0.2, 0.25) is 0 Å². The molecular formula is C20H24N2O2. The highest BCUT2D eigenvalue weighted by Crippen LogP contribution is 2.27. The van der Waals surface area contributed by atoms with E-state index in [1.807, 2.05) is 12.1 Å². The van der Waals surface area contributed by atoms with E-state index in [1.54, 1.807) is 52.0 Å². The molecule has 0 bridgehead atoms. The van der Waals surface area contributed by atoms with E-state index >= 15 is 0 Å². The van der Waals surface area contributed by atoms with E-state index < -0.39 is 11.2 Å². The predicted octanol–water partition coefficient (Wildman–Crippen LogP) is 2.71. The maximum absolute atomic E-state index is 10.2. The lowest BCUT2D eigenvalue weighted by molar-refractivity contribution is 0.0788. The summed E-state index contributed by atoms with van der Waals surface area (Å²) in [4.78, 5) is 0. The molecule has 0 unspecified atom stereocenters. The molecule has 126 valence electrons. The van der Waals surface area contributed by atoms with Gasteiger partial charge in [-0.05, 0) is 58.0 Å². The van der Waals surface area contributed by atoms with E-state index in [9.17, 15) is 10.2 Å². The van der Waals surface area contributed by atoms with Gasteiger partial charge in [0.25, 0.3) is 0 Å². The van der Waals surface area contributed by atoms with Crippen LogP contribution < -0.4 is 11.5 Å². The van der Waals surface area contributed by atoms with E-state index in [-0.39, 0.29) is 0 Å². The van der Waals surface area contributed by atoms with Crippen molar-refractivity contribution >= 4 is 11.4 Å². The van der Waals surface area contributed by atoms with Crippen LogP contribution in [0.3, 0.4) is 0 Å². The summed E-state index contributed by atoms with van der Waals surface area (Å²) in [6.07, 6.45) is 0. The van der Waals surface area contributed by atoms with Crippen LogP contribution in [0.5, 0.6) is 0 Å². The average Bonchev–Trinajstić information content (AvgIpc) is 2.44. The van der Waals surface area contributed by atoms with Crippen molar-refractivity contribution in [1.82, 2.24) is 0 Å². The lowest BCUT2D eigenvalue weighted by Gasteiger charge is -2.20. The van der Waals surface area contributed by atoms with E-state index in [4.69, 9.17) is 11.5 Å². The van der Waals surface area contributed by atoms with Crippen LogP contribution in [0, 0.1) is 11.8 Å². The molecule has 0 aliphatic carbocycles. The molecule has 0 fully saturated rings. The minimum atomic E-state index is -1.03. The van der Waals surface area contributed by atoms with E-state index in [0.717, 1.165) is 11.1 Å². The summed E-state index contributed by atoms with van der Waals surface area (Å²) in [6, 6.07) is 10.7. The Kier molecular flexibility index (Phi) is 4.61. The lowest BCUT2D eigenvalue weighted by Crippen LogP contribution is -2.17. The molecule has 2 rings (SSSR count). The number of benzene rings is 2. The summed E-state index contributed by atoms with van der Waals surface area (Å²) in [6.45, 7) is 6.76. The van der Waals surface area contributed by atoms with E-state index in [0.29, 0.717) is 22.5 Å². The van der Waals surface area contributed by atoms with Crippen LogP contribution in [-0.2, 0) is 11.2 Å². The monoisotopic (exact) mass is 324 g/mol. The molecule has 0 aliphatic rings. The molecule has 0 aliphatic heterocycles. The highest BCUT2D eigenvalue weighted by Gasteiger charge is 2.19. The molecule has 4 heteroatoms. The molecule has 6 N–H and O–H groups in total. The van der Waals surface area contributed by atoms with Gasteiger partial charge in [-0.15, -0.1) is 0 Å². The van der Waals surface area contributed by atoms with Gasteiger partial charge >= 0.3 is 0 Å². The fraction of sp³-hybridized carbons (Fsp3) is 0.300. The topological polar surface area (TPSA) is 92.5 Å². The van der Waals surface area contributed by atoms with Crippen molar-refractivity contribution < 1.29 is 10.2 Å². The predicted molar refractivity (Wildman–Crippen MR) is 98.2 cm³/mol. The quantitative estimate of drug-likeness (QED) is 0.505. The third-order valence-corrected chi connectivity index (χ3v) is 3.77.